The molecule has 1 aliphatic rings. The third kappa shape index (κ3) is 3.07. The zero-order valence-corrected chi connectivity index (χ0v) is 9.98. The van der Waals surface area contributed by atoms with Gasteiger partial charge in [-0.25, -0.2) is 0 Å². The number of furan rings is 1. The molecule has 2 N–H and O–H groups in total. The number of nitrogens with zero attached hydrogens (tertiary/aromatic N) is 2. The molecule has 2 heterocycles. The third-order valence-electron chi connectivity index (χ3n) is 3.14. The molecule has 0 atom stereocenters. The summed E-state index contributed by atoms with van der Waals surface area (Å²) in [6.45, 7) is 6.09. The molecule has 0 amide bonds. The van der Waals surface area contributed by atoms with Crippen LogP contribution in [-0.4, -0.2) is 43.0 Å². The van der Waals surface area contributed by atoms with Crippen LogP contribution >= 0.6 is 0 Å². The maximum Gasteiger partial charge on any atom is 0.118 e. The fraction of sp³-hybridized carbons (Fsp3) is 0.667. The minimum absolute atomic E-state index is 0.562. The molecule has 0 radical (unpaired) electrons. The first-order chi connectivity index (χ1) is 7.78. The van der Waals surface area contributed by atoms with Crippen molar-refractivity contribution in [1.29, 1.82) is 0 Å². The Balaban J connectivity index is 1.88. The molecule has 4 nitrogen and oxygen atoms in total. The number of hydrogen-bond donors (Lipinski definition) is 1. The van der Waals surface area contributed by atoms with Gasteiger partial charge in [0.1, 0.15) is 5.76 Å². The van der Waals surface area contributed by atoms with Gasteiger partial charge in [0, 0.05) is 25.2 Å². The quantitative estimate of drug-likeness (QED) is 0.826. The lowest BCUT2D eigenvalue weighted by atomic mass is 10.3. The summed E-state index contributed by atoms with van der Waals surface area (Å²) in [5.41, 5.74) is 6.64. The Labute approximate surface area is 97.0 Å². The summed E-state index contributed by atoms with van der Waals surface area (Å²) in [5.74, 6) is 1.03. The maximum atomic E-state index is 5.56. The van der Waals surface area contributed by atoms with Crippen molar-refractivity contribution in [3.63, 3.8) is 0 Å². The van der Waals surface area contributed by atoms with E-state index in [-0.39, 0.29) is 0 Å². The van der Waals surface area contributed by atoms with Crippen LogP contribution < -0.4 is 5.73 Å². The lowest BCUT2D eigenvalue weighted by Crippen LogP contribution is -2.28. The zero-order chi connectivity index (χ0) is 11.4. The van der Waals surface area contributed by atoms with Crippen LogP contribution in [0.2, 0.25) is 0 Å². The van der Waals surface area contributed by atoms with Gasteiger partial charge in [-0.05, 0) is 32.6 Å². The summed E-state index contributed by atoms with van der Waals surface area (Å²) in [7, 11) is 2.18. The van der Waals surface area contributed by atoms with Gasteiger partial charge >= 0.3 is 0 Å². The number of likely N-dealkylation sites (N-methyl/N-ethyl adjacent to an activating group) is 1. The zero-order valence-electron chi connectivity index (χ0n) is 9.98. The number of nitrogens with two attached hydrogens (primary N) is 1. The fourth-order valence-electron chi connectivity index (χ4n) is 2.09. The van der Waals surface area contributed by atoms with Crippen molar-refractivity contribution in [3.8, 4) is 0 Å². The Hall–Kier alpha value is -0.840. The largest absolute Gasteiger partial charge is 0.468 e. The van der Waals surface area contributed by atoms with Gasteiger partial charge in [-0.15, -0.1) is 0 Å². The van der Waals surface area contributed by atoms with E-state index in [0.717, 1.165) is 37.5 Å². The molecule has 4 heteroatoms. The van der Waals surface area contributed by atoms with E-state index in [1.165, 1.54) is 13.0 Å². The van der Waals surface area contributed by atoms with Gasteiger partial charge in [-0.2, -0.15) is 0 Å². The minimum Gasteiger partial charge on any atom is -0.468 e. The Kier molecular flexibility index (Phi) is 3.98. The maximum absolute atomic E-state index is 5.56. The normalized spacial score (nSPS) is 19.9. The molecule has 16 heavy (non-hydrogen) atoms. The SMILES string of the molecule is CN1CCCN(Cc2cc(CN)co2)CC1. The van der Waals surface area contributed by atoms with Crippen molar-refractivity contribution < 1.29 is 4.42 Å². The van der Waals surface area contributed by atoms with Crippen molar-refractivity contribution in [2.24, 2.45) is 5.73 Å². The van der Waals surface area contributed by atoms with Crippen LogP contribution in [0.3, 0.4) is 0 Å². The Bertz CT molecular complexity index is 324. The lowest BCUT2D eigenvalue weighted by molar-refractivity contribution is 0.249. The van der Waals surface area contributed by atoms with Crippen LogP contribution in [0.1, 0.15) is 17.7 Å². The molecule has 0 aromatic carbocycles. The van der Waals surface area contributed by atoms with Crippen molar-refractivity contribution in [2.45, 2.75) is 19.5 Å². The molecule has 0 aliphatic carbocycles. The highest BCUT2D eigenvalue weighted by Crippen LogP contribution is 2.11. The topological polar surface area (TPSA) is 45.6 Å². The third-order valence-corrected chi connectivity index (χ3v) is 3.14. The highest BCUT2D eigenvalue weighted by molar-refractivity contribution is 5.12. The van der Waals surface area contributed by atoms with E-state index in [4.69, 9.17) is 10.2 Å². The molecule has 1 aliphatic heterocycles. The van der Waals surface area contributed by atoms with E-state index < -0.39 is 0 Å². The van der Waals surface area contributed by atoms with Gasteiger partial charge < -0.3 is 15.1 Å². The second kappa shape index (κ2) is 5.48. The molecular weight excluding hydrogens is 202 g/mol. The van der Waals surface area contributed by atoms with E-state index in [9.17, 15) is 0 Å². The van der Waals surface area contributed by atoms with E-state index >= 15 is 0 Å². The smallest absolute Gasteiger partial charge is 0.118 e. The molecule has 0 saturated carbocycles. The average molecular weight is 223 g/mol. The summed E-state index contributed by atoms with van der Waals surface area (Å²) in [6.07, 6.45) is 3.00. The van der Waals surface area contributed by atoms with Crippen molar-refractivity contribution in [1.82, 2.24) is 9.80 Å². The van der Waals surface area contributed by atoms with Gasteiger partial charge in [-0.3, -0.25) is 4.90 Å². The molecule has 1 saturated heterocycles. The second-order valence-corrected chi connectivity index (χ2v) is 4.56. The molecule has 90 valence electrons. The predicted octanol–water partition coefficient (Wildman–Crippen LogP) is 0.876. The summed E-state index contributed by atoms with van der Waals surface area (Å²) in [4.78, 5) is 4.83. The first-order valence-corrected chi connectivity index (χ1v) is 5.95. The Morgan fingerprint density at radius 1 is 1.31 bits per heavy atom. The first-order valence-electron chi connectivity index (χ1n) is 5.95. The molecule has 0 spiro atoms. The molecular formula is C12H21N3O. The van der Waals surface area contributed by atoms with E-state index in [0.29, 0.717) is 6.54 Å². The van der Waals surface area contributed by atoms with E-state index in [1.54, 1.807) is 6.26 Å². The monoisotopic (exact) mass is 223 g/mol. The predicted molar refractivity (Wildman–Crippen MR) is 64.0 cm³/mol. The Morgan fingerprint density at radius 2 is 2.19 bits per heavy atom. The van der Waals surface area contributed by atoms with Gasteiger partial charge in [0.25, 0.3) is 0 Å². The summed E-state index contributed by atoms with van der Waals surface area (Å²) >= 11 is 0. The van der Waals surface area contributed by atoms with Gasteiger partial charge in [0.05, 0.1) is 12.8 Å². The second-order valence-electron chi connectivity index (χ2n) is 4.56. The van der Waals surface area contributed by atoms with E-state index in [1.807, 2.05) is 0 Å². The first kappa shape index (κ1) is 11.6. The van der Waals surface area contributed by atoms with Crippen LogP contribution in [0.5, 0.6) is 0 Å². The molecule has 1 aromatic rings. The summed E-state index contributed by atoms with van der Waals surface area (Å²) in [6, 6.07) is 2.06. The molecule has 1 aromatic heterocycles. The van der Waals surface area contributed by atoms with Gasteiger partial charge in [-0.1, -0.05) is 0 Å². The molecule has 1 fully saturated rings. The highest BCUT2D eigenvalue weighted by atomic mass is 16.3. The fourth-order valence-corrected chi connectivity index (χ4v) is 2.09. The standard InChI is InChI=1S/C12H21N3O/c1-14-3-2-4-15(6-5-14)9-12-7-11(8-13)10-16-12/h7,10H,2-6,8-9,13H2,1H3. The highest BCUT2D eigenvalue weighted by Gasteiger charge is 2.13. The van der Waals surface area contributed by atoms with Crippen LogP contribution in [0.4, 0.5) is 0 Å². The van der Waals surface area contributed by atoms with Gasteiger partial charge in [0.2, 0.25) is 0 Å². The van der Waals surface area contributed by atoms with Gasteiger partial charge in [0.15, 0.2) is 0 Å². The average Bonchev–Trinajstić information content (AvgIpc) is 2.63. The van der Waals surface area contributed by atoms with Crippen molar-refractivity contribution in [3.05, 3.63) is 23.7 Å². The van der Waals surface area contributed by atoms with Crippen molar-refractivity contribution >= 4 is 0 Å². The number of rotatable bonds is 3. The molecule has 0 bridgehead atoms. The van der Waals surface area contributed by atoms with Crippen LogP contribution in [0.25, 0.3) is 0 Å². The Morgan fingerprint density at radius 3 is 2.94 bits per heavy atom. The molecule has 2 rings (SSSR count). The van der Waals surface area contributed by atoms with Crippen molar-refractivity contribution in [2.75, 3.05) is 33.2 Å². The summed E-state index contributed by atoms with van der Waals surface area (Å²) < 4.78 is 5.49. The summed E-state index contributed by atoms with van der Waals surface area (Å²) in [5, 5.41) is 0. The van der Waals surface area contributed by atoms with Crippen LogP contribution in [0.15, 0.2) is 16.7 Å². The molecule has 0 unspecified atom stereocenters. The van der Waals surface area contributed by atoms with Crippen LogP contribution in [-0.2, 0) is 13.1 Å². The van der Waals surface area contributed by atoms with Crippen LogP contribution in [0, 0.1) is 0 Å². The number of hydrogen-bond acceptors (Lipinski definition) is 4. The van der Waals surface area contributed by atoms with E-state index in [2.05, 4.69) is 22.9 Å². The lowest BCUT2D eigenvalue weighted by Gasteiger charge is -2.18. The minimum atomic E-state index is 0.562.